The zero-order valence-electron chi connectivity index (χ0n) is 18.7. The van der Waals surface area contributed by atoms with Gasteiger partial charge >= 0.3 is 0 Å². The summed E-state index contributed by atoms with van der Waals surface area (Å²) in [6.45, 7) is 1.96. The fourth-order valence-corrected chi connectivity index (χ4v) is 5.10. The van der Waals surface area contributed by atoms with Crippen molar-refractivity contribution < 1.29 is 18.0 Å². The van der Waals surface area contributed by atoms with E-state index in [0.29, 0.717) is 5.39 Å². The molecule has 0 aliphatic heterocycles. The molecule has 0 radical (unpaired) electrons. The minimum absolute atomic E-state index is 0. The van der Waals surface area contributed by atoms with E-state index in [1.165, 1.54) is 6.07 Å². The van der Waals surface area contributed by atoms with Gasteiger partial charge in [-0.1, -0.05) is 60.7 Å². The second kappa shape index (κ2) is 11.9. The molecular formula is C24H29ClN4O4S. The maximum absolute atomic E-state index is 13.2. The number of amides is 2. The summed E-state index contributed by atoms with van der Waals surface area (Å²) in [5.41, 5.74) is 12.9. The summed E-state index contributed by atoms with van der Waals surface area (Å²) < 4.78 is 28.9. The third-order valence-corrected chi connectivity index (χ3v) is 6.93. The van der Waals surface area contributed by atoms with Crippen molar-refractivity contribution in [3.63, 3.8) is 0 Å². The second-order valence-corrected chi connectivity index (χ2v) is 9.51. The number of nitrogens with two attached hydrogens (primary N) is 2. The highest BCUT2D eigenvalue weighted by atomic mass is 35.5. The van der Waals surface area contributed by atoms with E-state index in [1.807, 2.05) is 49.4 Å². The summed E-state index contributed by atoms with van der Waals surface area (Å²) in [6.07, 6.45) is 0.234. The number of nitrogens with one attached hydrogen (secondary N) is 2. The van der Waals surface area contributed by atoms with E-state index in [2.05, 4.69) is 10.0 Å². The summed E-state index contributed by atoms with van der Waals surface area (Å²) in [5.74, 6) is -1.38. The van der Waals surface area contributed by atoms with Crippen LogP contribution >= 0.6 is 12.4 Å². The molecule has 10 heteroatoms. The summed E-state index contributed by atoms with van der Waals surface area (Å²) in [4.78, 5) is 25.0. The number of hydrogen-bond donors (Lipinski definition) is 4. The number of benzene rings is 3. The Hall–Kier alpha value is -2.98. The van der Waals surface area contributed by atoms with Gasteiger partial charge in [-0.2, -0.15) is 4.72 Å². The molecule has 8 nitrogen and oxygen atoms in total. The fourth-order valence-electron chi connectivity index (χ4n) is 3.66. The number of fused-ring (bicyclic) bond motifs is 1. The molecule has 0 unspecified atom stereocenters. The molecule has 2 atom stereocenters. The van der Waals surface area contributed by atoms with Crippen molar-refractivity contribution >= 4 is 45.0 Å². The Morgan fingerprint density at radius 1 is 0.912 bits per heavy atom. The molecule has 3 aromatic carbocycles. The first kappa shape index (κ1) is 27.3. The summed E-state index contributed by atoms with van der Waals surface area (Å²) in [5, 5.41) is 3.93. The van der Waals surface area contributed by atoms with Crippen LogP contribution in [0.1, 0.15) is 17.5 Å². The molecule has 2 amide bonds. The highest BCUT2D eigenvalue weighted by Gasteiger charge is 2.29. The third-order valence-electron chi connectivity index (χ3n) is 5.40. The first-order valence-electron chi connectivity index (χ1n) is 10.6. The highest BCUT2D eigenvalue weighted by molar-refractivity contribution is 7.89. The van der Waals surface area contributed by atoms with E-state index in [1.54, 1.807) is 18.2 Å². The largest absolute Gasteiger partial charge is 0.368 e. The summed E-state index contributed by atoms with van der Waals surface area (Å²) >= 11 is 0. The lowest BCUT2D eigenvalue weighted by molar-refractivity contribution is -0.128. The molecule has 6 N–H and O–H groups in total. The third kappa shape index (κ3) is 6.54. The molecule has 182 valence electrons. The molecule has 3 aromatic rings. The molecular weight excluding hydrogens is 476 g/mol. The molecule has 34 heavy (non-hydrogen) atoms. The SMILES string of the molecule is Cc1ccc(S(=O)(=O)N[C@@H](CCN)C(=O)N[C@@H](Cc2ccccc2)C(N)=O)c2ccccc12.Cl. The van der Waals surface area contributed by atoms with Crippen LogP contribution in [0.15, 0.2) is 71.6 Å². The van der Waals surface area contributed by atoms with Crippen LogP contribution in [-0.2, 0) is 26.0 Å². The van der Waals surface area contributed by atoms with Crippen molar-refractivity contribution in [2.45, 2.75) is 36.7 Å². The van der Waals surface area contributed by atoms with E-state index in [-0.39, 0.29) is 36.7 Å². The quantitative estimate of drug-likeness (QED) is 0.332. The van der Waals surface area contributed by atoms with E-state index in [0.717, 1.165) is 16.5 Å². The Bertz CT molecular complexity index is 1250. The van der Waals surface area contributed by atoms with Crippen LogP contribution < -0.4 is 21.5 Å². The Morgan fingerprint density at radius 2 is 1.53 bits per heavy atom. The van der Waals surface area contributed by atoms with Gasteiger partial charge in [0.25, 0.3) is 0 Å². The average Bonchev–Trinajstić information content (AvgIpc) is 2.79. The number of rotatable bonds is 10. The standard InChI is InChI=1S/C24H28N4O4S.ClH/c1-16-11-12-22(19-10-6-5-9-18(16)19)33(31,32)28-20(13-14-25)24(30)27-21(23(26)29)15-17-7-3-2-4-8-17;/h2-12,20-21,28H,13-15,25H2,1H3,(H2,26,29)(H,27,30);1H/t20-,21-;/m0./s1. The lowest BCUT2D eigenvalue weighted by Gasteiger charge is -2.22. The van der Waals surface area contributed by atoms with Gasteiger partial charge in [-0.15, -0.1) is 12.4 Å². The number of aryl methyl sites for hydroxylation is 1. The van der Waals surface area contributed by atoms with Crippen LogP contribution in [0.2, 0.25) is 0 Å². The lowest BCUT2D eigenvalue weighted by atomic mass is 10.0. The molecule has 0 heterocycles. The van der Waals surface area contributed by atoms with Crippen molar-refractivity contribution in [1.29, 1.82) is 0 Å². The molecule has 0 bridgehead atoms. The predicted octanol–water partition coefficient (Wildman–Crippen LogP) is 1.78. The lowest BCUT2D eigenvalue weighted by Crippen LogP contribution is -2.54. The van der Waals surface area contributed by atoms with Crippen LogP contribution in [-0.4, -0.2) is 38.9 Å². The second-order valence-electron chi connectivity index (χ2n) is 7.83. The van der Waals surface area contributed by atoms with Gasteiger partial charge in [-0.3, -0.25) is 9.59 Å². The smallest absolute Gasteiger partial charge is 0.241 e. The Labute approximate surface area is 205 Å². The van der Waals surface area contributed by atoms with Crippen molar-refractivity contribution in [2.75, 3.05) is 6.54 Å². The number of halogens is 1. The Morgan fingerprint density at radius 3 is 2.15 bits per heavy atom. The van der Waals surface area contributed by atoms with Gasteiger partial charge in [0, 0.05) is 11.8 Å². The molecule has 0 spiro atoms. The minimum atomic E-state index is -4.07. The van der Waals surface area contributed by atoms with Crippen molar-refractivity contribution in [2.24, 2.45) is 11.5 Å². The molecule has 0 aliphatic carbocycles. The number of primary amides is 1. The van der Waals surface area contributed by atoms with E-state index in [9.17, 15) is 18.0 Å². The number of sulfonamides is 1. The zero-order chi connectivity index (χ0) is 24.0. The van der Waals surface area contributed by atoms with Crippen LogP contribution in [0.4, 0.5) is 0 Å². The number of carbonyl (C=O) groups excluding carboxylic acids is 2. The maximum Gasteiger partial charge on any atom is 0.241 e. The summed E-state index contributed by atoms with van der Waals surface area (Å²) in [6, 6.07) is 17.3. The average molecular weight is 505 g/mol. The number of hydrogen-bond acceptors (Lipinski definition) is 5. The van der Waals surface area contributed by atoms with Crippen LogP contribution in [0.5, 0.6) is 0 Å². The van der Waals surface area contributed by atoms with Gasteiger partial charge in [0.2, 0.25) is 21.8 Å². The van der Waals surface area contributed by atoms with Gasteiger partial charge in [0.15, 0.2) is 0 Å². The molecule has 0 fully saturated rings. The first-order valence-corrected chi connectivity index (χ1v) is 12.1. The van der Waals surface area contributed by atoms with Gasteiger partial charge < -0.3 is 16.8 Å². The first-order chi connectivity index (χ1) is 15.7. The van der Waals surface area contributed by atoms with Crippen LogP contribution in [0.3, 0.4) is 0 Å². The van der Waals surface area contributed by atoms with Crippen LogP contribution in [0, 0.1) is 6.92 Å². The normalized spacial score (nSPS) is 13.0. The van der Waals surface area contributed by atoms with Gasteiger partial charge in [0.05, 0.1) is 4.90 Å². The molecule has 0 aliphatic rings. The monoisotopic (exact) mass is 504 g/mol. The molecule has 0 saturated carbocycles. The molecule has 0 saturated heterocycles. The molecule has 3 rings (SSSR count). The minimum Gasteiger partial charge on any atom is -0.368 e. The van der Waals surface area contributed by atoms with Gasteiger partial charge in [-0.25, -0.2) is 8.42 Å². The predicted molar refractivity (Wildman–Crippen MR) is 135 cm³/mol. The van der Waals surface area contributed by atoms with Crippen LogP contribution in [0.25, 0.3) is 10.8 Å². The zero-order valence-corrected chi connectivity index (χ0v) is 20.4. The Balaban J connectivity index is 0.00000408. The maximum atomic E-state index is 13.2. The van der Waals surface area contributed by atoms with E-state index < -0.39 is 33.9 Å². The van der Waals surface area contributed by atoms with Crippen molar-refractivity contribution in [3.8, 4) is 0 Å². The van der Waals surface area contributed by atoms with Crippen molar-refractivity contribution in [1.82, 2.24) is 10.0 Å². The van der Waals surface area contributed by atoms with Crippen molar-refractivity contribution in [3.05, 3.63) is 77.9 Å². The highest BCUT2D eigenvalue weighted by Crippen LogP contribution is 2.26. The van der Waals surface area contributed by atoms with Gasteiger partial charge in [0.1, 0.15) is 12.1 Å². The summed E-state index contributed by atoms with van der Waals surface area (Å²) in [7, 11) is -4.07. The molecule has 0 aromatic heterocycles. The van der Waals surface area contributed by atoms with Gasteiger partial charge in [-0.05, 0) is 42.5 Å². The van der Waals surface area contributed by atoms with E-state index >= 15 is 0 Å². The number of carbonyl (C=O) groups is 2. The van der Waals surface area contributed by atoms with E-state index in [4.69, 9.17) is 11.5 Å². The fraction of sp³-hybridized carbons (Fsp3) is 0.250. The topological polar surface area (TPSA) is 144 Å². The Kier molecular flexibility index (Phi) is 9.57.